The first-order valence-electron chi connectivity index (χ1n) is 8.50. The van der Waals surface area contributed by atoms with Crippen LogP contribution in [-0.2, 0) is 10.0 Å². The fourth-order valence-electron chi connectivity index (χ4n) is 3.20. The molecule has 7 heteroatoms. The van der Waals surface area contributed by atoms with Gasteiger partial charge in [0.1, 0.15) is 0 Å². The van der Waals surface area contributed by atoms with Crippen molar-refractivity contribution in [2.75, 3.05) is 24.7 Å². The highest BCUT2D eigenvalue weighted by atomic mass is 32.2. The van der Waals surface area contributed by atoms with Crippen LogP contribution in [0.2, 0.25) is 0 Å². The van der Waals surface area contributed by atoms with Crippen molar-refractivity contribution in [2.24, 2.45) is 0 Å². The maximum absolute atomic E-state index is 11.2. The predicted molar refractivity (Wildman–Crippen MR) is 107 cm³/mol. The van der Waals surface area contributed by atoms with Crippen LogP contribution in [-0.4, -0.2) is 37.7 Å². The lowest BCUT2D eigenvalue weighted by molar-refractivity contribution is 0.586. The standard InChI is InChI=1S/C19H20N4O2S/c1-26(24,25)21-12-6-11-20-17-13-7-2-4-9-15(13)22-18-14-8-3-5-10-16(14)23-19(17)18/h2-5,7-10,21,23H,6,11-12H2,1H3,(H,20,22). The van der Waals surface area contributed by atoms with Gasteiger partial charge in [-0.25, -0.2) is 18.1 Å². The maximum atomic E-state index is 11.2. The highest BCUT2D eigenvalue weighted by Crippen LogP contribution is 2.34. The van der Waals surface area contributed by atoms with E-state index in [1.807, 2.05) is 42.5 Å². The maximum Gasteiger partial charge on any atom is 0.208 e. The molecule has 0 aliphatic heterocycles. The normalized spacial score (nSPS) is 12.2. The Kier molecular flexibility index (Phi) is 4.26. The SMILES string of the molecule is CS(=O)(=O)NCCCNc1c2ccccc2nc2c1[nH]c1ccccc12. The zero-order valence-electron chi connectivity index (χ0n) is 14.4. The van der Waals surface area contributed by atoms with E-state index in [4.69, 9.17) is 4.98 Å². The number of benzene rings is 2. The average Bonchev–Trinajstić information content (AvgIpc) is 2.98. The van der Waals surface area contributed by atoms with Crippen LogP contribution in [0.3, 0.4) is 0 Å². The second kappa shape index (κ2) is 6.59. The van der Waals surface area contributed by atoms with Gasteiger partial charge in [-0.2, -0.15) is 0 Å². The highest BCUT2D eigenvalue weighted by molar-refractivity contribution is 7.88. The summed E-state index contributed by atoms with van der Waals surface area (Å²) in [7, 11) is -3.15. The van der Waals surface area contributed by atoms with E-state index in [0.29, 0.717) is 19.5 Å². The summed E-state index contributed by atoms with van der Waals surface area (Å²) in [5.74, 6) is 0. The predicted octanol–water partition coefficient (Wildman–Crippen LogP) is 3.22. The monoisotopic (exact) mass is 368 g/mol. The fourth-order valence-corrected chi connectivity index (χ4v) is 3.72. The van der Waals surface area contributed by atoms with Gasteiger partial charge in [0.25, 0.3) is 0 Å². The summed E-state index contributed by atoms with van der Waals surface area (Å²) >= 11 is 0. The molecule has 2 heterocycles. The van der Waals surface area contributed by atoms with Crippen molar-refractivity contribution in [3.63, 3.8) is 0 Å². The molecule has 0 saturated carbocycles. The lowest BCUT2D eigenvalue weighted by Crippen LogP contribution is -2.24. The molecular formula is C19H20N4O2S. The average molecular weight is 368 g/mol. The molecule has 4 aromatic rings. The van der Waals surface area contributed by atoms with Crippen molar-refractivity contribution < 1.29 is 8.42 Å². The number of hydrogen-bond donors (Lipinski definition) is 3. The second-order valence-corrected chi connectivity index (χ2v) is 8.18. The Bertz CT molecular complexity index is 1200. The van der Waals surface area contributed by atoms with Gasteiger partial charge in [-0.3, -0.25) is 0 Å². The molecule has 6 nitrogen and oxygen atoms in total. The van der Waals surface area contributed by atoms with Gasteiger partial charge >= 0.3 is 0 Å². The molecule has 0 bridgehead atoms. The van der Waals surface area contributed by atoms with Gasteiger partial charge in [-0.1, -0.05) is 36.4 Å². The number of H-pyrrole nitrogens is 1. The van der Waals surface area contributed by atoms with Crippen LogP contribution in [0.15, 0.2) is 48.5 Å². The van der Waals surface area contributed by atoms with Gasteiger partial charge in [0, 0.05) is 29.4 Å². The van der Waals surface area contributed by atoms with E-state index in [0.717, 1.165) is 38.5 Å². The van der Waals surface area contributed by atoms with Crippen molar-refractivity contribution in [3.8, 4) is 0 Å². The van der Waals surface area contributed by atoms with Crippen molar-refractivity contribution in [1.82, 2.24) is 14.7 Å². The molecule has 0 aliphatic carbocycles. The number of nitrogens with one attached hydrogen (secondary N) is 3. The number of aromatic nitrogens is 2. The second-order valence-electron chi connectivity index (χ2n) is 6.34. The first kappa shape index (κ1) is 16.8. The van der Waals surface area contributed by atoms with E-state index >= 15 is 0 Å². The first-order valence-corrected chi connectivity index (χ1v) is 10.4. The van der Waals surface area contributed by atoms with Crippen molar-refractivity contribution in [1.29, 1.82) is 0 Å². The summed E-state index contributed by atoms with van der Waals surface area (Å²) in [6.45, 7) is 1.06. The van der Waals surface area contributed by atoms with Crippen LogP contribution in [0.1, 0.15) is 6.42 Å². The summed E-state index contributed by atoms with van der Waals surface area (Å²) < 4.78 is 24.9. The molecule has 134 valence electrons. The molecule has 0 saturated heterocycles. The third-order valence-electron chi connectivity index (χ3n) is 4.35. The van der Waals surface area contributed by atoms with Crippen LogP contribution in [0, 0.1) is 0 Å². The molecule has 0 atom stereocenters. The molecule has 0 unspecified atom stereocenters. The van der Waals surface area contributed by atoms with Gasteiger partial charge in [0.2, 0.25) is 10.0 Å². The summed E-state index contributed by atoms with van der Waals surface area (Å²) in [5.41, 5.74) is 4.90. The summed E-state index contributed by atoms with van der Waals surface area (Å²) in [5, 5.41) is 5.61. The Balaban J connectivity index is 1.73. The number of aromatic amines is 1. The van der Waals surface area contributed by atoms with Crippen molar-refractivity contribution >= 4 is 48.5 Å². The molecule has 0 spiro atoms. The molecule has 26 heavy (non-hydrogen) atoms. The minimum atomic E-state index is -3.15. The summed E-state index contributed by atoms with van der Waals surface area (Å²) in [6.07, 6.45) is 1.86. The van der Waals surface area contributed by atoms with Crippen LogP contribution in [0.25, 0.3) is 32.8 Å². The lowest BCUT2D eigenvalue weighted by atomic mass is 10.1. The largest absolute Gasteiger partial charge is 0.383 e. The molecule has 4 rings (SSSR count). The molecule has 0 fully saturated rings. The Morgan fingerprint density at radius 3 is 2.54 bits per heavy atom. The summed E-state index contributed by atoms with van der Waals surface area (Å²) in [4.78, 5) is 8.31. The lowest BCUT2D eigenvalue weighted by Gasteiger charge is -2.11. The van der Waals surface area contributed by atoms with Crippen LogP contribution < -0.4 is 10.0 Å². The summed E-state index contributed by atoms with van der Waals surface area (Å²) in [6, 6.07) is 16.1. The van der Waals surface area contributed by atoms with Crippen LogP contribution in [0.4, 0.5) is 5.69 Å². The first-order chi connectivity index (χ1) is 12.5. The van der Waals surface area contributed by atoms with Gasteiger partial charge in [-0.05, 0) is 18.6 Å². The quantitative estimate of drug-likeness (QED) is 0.456. The van der Waals surface area contributed by atoms with E-state index in [1.54, 1.807) is 0 Å². The van der Waals surface area contributed by atoms with E-state index in [1.165, 1.54) is 6.26 Å². The topological polar surface area (TPSA) is 86.9 Å². The number of sulfonamides is 1. The third kappa shape index (κ3) is 3.23. The Hall–Kier alpha value is -2.64. The van der Waals surface area contributed by atoms with Crippen molar-refractivity contribution in [3.05, 3.63) is 48.5 Å². The number of hydrogen-bond acceptors (Lipinski definition) is 4. The third-order valence-corrected chi connectivity index (χ3v) is 5.08. The number of fused-ring (bicyclic) bond motifs is 4. The van der Waals surface area contributed by atoms with Gasteiger partial charge < -0.3 is 10.3 Å². The molecular weight excluding hydrogens is 348 g/mol. The van der Waals surface area contributed by atoms with Crippen molar-refractivity contribution in [2.45, 2.75) is 6.42 Å². The van der Waals surface area contributed by atoms with E-state index in [-0.39, 0.29) is 0 Å². The Morgan fingerprint density at radius 1 is 1.00 bits per heavy atom. The molecule has 0 aliphatic rings. The molecule has 2 aromatic carbocycles. The molecule has 2 aromatic heterocycles. The highest BCUT2D eigenvalue weighted by Gasteiger charge is 2.13. The minimum absolute atomic E-state index is 0.407. The van der Waals surface area contributed by atoms with E-state index in [2.05, 4.69) is 21.1 Å². The Labute approximate surface area is 151 Å². The number of rotatable bonds is 6. The fraction of sp³-hybridized carbons (Fsp3) is 0.211. The van der Waals surface area contributed by atoms with Gasteiger partial charge in [-0.15, -0.1) is 0 Å². The van der Waals surface area contributed by atoms with Crippen LogP contribution >= 0.6 is 0 Å². The molecule has 0 radical (unpaired) electrons. The zero-order valence-corrected chi connectivity index (χ0v) is 15.2. The van der Waals surface area contributed by atoms with Gasteiger partial charge in [0.05, 0.1) is 28.5 Å². The number of pyridine rings is 1. The smallest absolute Gasteiger partial charge is 0.208 e. The molecule has 3 N–H and O–H groups in total. The number of nitrogens with zero attached hydrogens (tertiary/aromatic N) is 1. The van der Waals surface area contributed by atoms with E-state index in [9.17, 15) is 8.42 Å². The number of anilines is 1. The minimum Gasteiger partial charge on any atom is -0.383 e. The van der Waals surface area contributed by atoms with Crippen LogP contribution in [0.5, 0.6) is 0 Å². The Morgan fingerprint density at radius 2 is 1.73 bits per heavy atom. The van der Waals surface area contributed by atoms with E-state index < -0.39 is 10.0 Å². The van der Waals surface area contributed by atoms with Gasteiger partial charge in [0.15, 0.2) is 0 Å². The molecule has 0 amide bonds. The number of para-hydroxylation sites is 2. The zero-order chi connectivity index (χ0) is 18.1.